The summed E-state index contributed by atoms with van der Waals surface area (Å²) in [6.07, 6.45) is 3.58. The van der Waals surface area contributed by atoms with Gasteiger partial charge in [-0.3, -0.25) is 4.79 Å². The molecule has 1 aromatic heterocycles. The lowest BCUT2D eigenvalue weighted by Gasteiger charge is -2.21. The van der Waals surface area contributed by atoms with Crippen LogP contribution in [0, 0.1) is 6.92 Å². The quantitative estimate of drug-likeness (QED) is 0.715. The lowest BCUT2D eigenvalue weighted by Crippen LogP contribution is -2.24. The SMILES string of the molecule is CC(=O)c1cnc(C2(C)CCCO2)nc1C. The minimum Gasteiger partial charge on any atom is -0.367 e. The van der Waals surface area contributed by atoms with Crippen LogP contribution in [0.4, 0.5) is 0 Å². The molecule has 1 aliphatic rings. The molecule has 1 aliphatic heterocycles. The lowest BCUT2D eigenvalue weighted by atomic mass is 10.0. The maximum atomic E-state index is 11.3. The van der Waals surface area contributed by atoms with Gasteiger partial charge in [0.2, 0.25) is 0 Å². The molecule has 1 atom stereocenters. The molecular formula is C12H16N2O2. The first-order valence-electron chi connectivity index (χ1n) is 5.52. The van der Waals surface area contributed by atoms with Gasteiger partial charge in [-0.2, -0.15) is 0 Å². The first kappa shape index (κ1) is 11.2. The molecule has 0 amide bonds. The van der Waals surface area contributed by atoms with Crippen molar-refractivity contribution in [3.8, 4) is 0 Å². The molecule has 0 aliphatic carbocycles. The summed E-state index contributed by atoms with van der Waals surface area (Å²) in [5.41, 5.74) is 0.944. The number of rotatable bonds is 2. The Morgan fingerprint density at radius 3 is 2.81 bits per heavy atom. The number of hydrogen-bond acceptors (Lipinski definition) is 4. The third-order valence-corrected chi connectivity index (χ3v) is 3.05. The Hall–Kier alpha value is -1.29. The molecular weight excluding hydrogens is 204 g/mol. The van der Waals surface area contributed by atoms with E-state index in [-0.39, 0.29) is 11.4 Å². The van der Waals surface area contributed by atoms with Crippen LogP contribution in [0.5, 0.6) is 0 Å². The third-order valence-electron chi connectivity index (χ3n) is 3.05. The van der Waals surface area contributed by atoms with E-state index in [0.29, 0.717) is 11.4 Å². The van der Waals surface area contributed by atoms with Crippen molar-refractivity contribution in [3.63, 3.8) is 0 Å². The fraction of sp³-hybridized carbons (Fsp3) is 0.583. The Morgan fingerprint density at radius 1 is 1.56 bits per heavy atom. The summed E-state index contributed by atoms with van der Waals surface area (Å²) in [4.78, 5) is 19.9. The standard InChI is InChI=1S/C12H16N2O2/c1-8-10(9(2)15)7-13-11(14-8)12(3)5-4-6-16-12/h7H,4-6H2,1-3H3. The van der Waals surface area contributed by atoms with Crippen LogP contribution in [0.3, 0.4) is 0 Å². The van der Waals surface area contributed by atoms with Crippen molar-refractivity contribution in [2.24, 2.45) is 0 Å². The number of carbonyl (C=O) groups excluding carboxylic acids is 1. The van der Waals surface area contributed by atoms with Crippen molar-refractivity contribution in [1.82, 2.24) is 9.97 Å². The smallest absolute Gasteiger partial charge is 0.163 e. The molecule has 1 saturated heterocycles. The van der Waals surface area contributed by atoms with Crippen LogP contribution in [0.1, 0.15) is 48.6 Å². The minimum absolute atomic E-state index is 0.00143. The molecule has 0 spiro atoms. The fourth-order valence-electron chi connectivity index (χ4n) is 2.02. The fourth-order valence-corrected chi connectivity index (χ4v) is 2.02. The zero-order valence-corrected chi connectivity index (χ0v) is 9.91. The van der Waals surface area contributed by atoms with Crippen molar-refractivity contribution < 1.29 is 9.53 Å². The zero-order chi connectivity index (χ0) is 11.8. The van der Waals surface area contributed by atoms with E-state index in [1.807, 2.05) is 13.8 Å². The maximum Gasteiger partial charge on any atom is 0.163 e. The molecule has 1 fully saturated rings. The Kier molecular flexibility index (Phi) is 2.76. The molecule has 4 heteroatoms. The van der Waals surface area contributed by atoms with Gasteiger partial charge in [0.05, 0.1) is 11.3 Å². The molecule has 0 N–H and O–H groups in total. The van der Waals surface area contributed by atoms with Gasteiger partial charge in [-0.05, 0) is 33.6 Å². The number of carbonyl (C=O) groups is 1. The van der Waals surface area contributed by atoms with Crippen LogP contribution in [-0.2, 0) is 10.3 Å². The van der Waals surface area contributed by atoms with E-state index in [1.165, 1.54) is 6.92 Å². The van der Waals surface area contributed by atoms with Crippen LogP contribution >= 0.6 is 0 Å². The molecule has 0 radical (unpaired) electrons. The number of aromatic nitrogens is 2. The first-order chi connectivity index (χ1) is 7.53. The molecule has 86 valence electrons. The minimum atomic E-state index is -0.375. The first-order valence-corrected chi connectivity index (χ1v) is 5.52. The van der Waals surface area contributed by atoms with Crippen LogP contribution in [0.15, 0.2) is 6.20 Å². The number of ketones is 1. The summed E-state index contributed by atoms with van der Waals surface area (Å²) in [5.74, 6) is 0.689. The highest BCUT2D eigenvalue weighted by Crippen LogP contribution is 2.33. The highest BCUT2D eigenvalue weighted by atomic mass is 16.5. The topological polar surface area (TPSA) is 52.1 Å². The normalized spacial score (nSPS) is 24.7. The van der Waals surface area contributed by atoms with E-state index in [2.05, 4.69) is 9.97 Å². The van der Waals surface area contributed by atoms with Crippen molar-refractivity contribution in [2.75, 3.05) is 6.61 Å². The summed E-state index contributed by atoms with van der Waals surface area (Å²) in [6.45, 7) is 6.12. The van der Waals surface area contributed by atoms with Gasteiger partial charge >= 0.3 is 0 Å². The van der Waals surface area contributed by atoms with Gasteiger partial charge in [0.25, 0.3) is 0 Å². The van der Waals surface area contributed by atoms with Crippen molar-refractivity contribution in [3.05, 3.63) is 23.3 Å². The largest absolute Gasteiger partial charge is 0.367 e. The second kappa shape index (κ2) is 3.94. The molecule has 2 heterocycles. The Morgan fingerprint density at radius 2 is 2.31 bits per heavy atom. The number of aryl methyl sites for hydroxylation is 1. The molecule has 1 aromatic rings. The van der Waals surface area contributed by atoms with Gasteiger partial charge in [0, 0.05) is 12.8 Å². The van der Waals surface area contributed by atoms with Gasteiger partial charge in [-0.25, -0.2) is 9.97 Å². The summed E-state index contributed by atoms with van der Waals surface area (Å²) < 4.78 is 5.67. The van der Waals surface area contributed by atoms with Crippen LogP contribution in [-0.4, -0.2) is 22.4 Å². The molecule has 1 unspecified atom stereocenters. The van der Waals surface area contributed by atoms with E-state index >= 15 is 0 Å². The van der Waals surface area contributed by atoms with Gasteiger partial charge < -0.3 is 4.74 Å². The predicted octanol–water partition coefficient (Wildman–Crippen LogP) is 2.01. The third kappa shape index (κ3) is 1.85. The predicted molar refractivity (Wildman–Crippen MR) is 59.3 cm³/mol. The van der Waals surface area contributed by atoms with Crippen LogP contribution in [0.2, 0.25) is 0 Å². The molecule has 0 bridgehead atoms. The van der Waals surface area contributed by atoms with Gasteiger partial charge in [-0.15, -0.1) is 0 Å². The Balaban J connectivity index is 2.37. The zero-order valence-electron chi connectivity index (χ0n) is 9.91. The van der Waals surface area contributed by atoms with Crippen molar-refractivity contribution in [2.45, 2.75) is 39.2 Å². The summed E-state index contributed by atoms with van der Waals surface area (Å²) in [7, 11) is 0. The Bertz CT molecular complexity index is 423. The highest BCUT2D eigenvalue weighted by Gasteiger charge is 2.34. The Labute approximate surface area is 95.1 Å². The number of ether oxygens (including phenoxy) is 1. The van der Waals surface area contributed by atoms with Crippen LogP contribution < -0.4 is 0 Å². The van der Waals surface area contributed by atoms with Crippen LogP contribution in [0.25, 0.3) is 0 Å². The lowest BCUT2D eigenvalue weighted by molar-refractivity contribution is 0.00914. The second-order valence-corrected chi connectivity index (χ2v) is 4.43. The monoisotopic (exact) mass is 220 g/mol. The molecule has 0 aromatic carbocycles. The molecule has 4 nitrogen and oxygen atoms in total. The summed E-state index contributed by atoms with van der Waals surface area (Å²) in [6, 6.07) is 0. The molecule has 0 saturated carbocycles. The number of nitrogens with zero attached hydrogens (tertiary/aromatic N) is 2. The van der Waals surface area contributed by atoms with Gasteiger partial charge in [0.15, 0.2) is 11.6 Å². The summed E-state index contributed by atoms with van der Waals surface area (Å²) >= 11 is 0. The average molecular weight is 220 g/mol. The average Bonchev–Trinajstić information content (AvgIpc) is 2.66. The van der Waals surface area contributed by atoms with Gasteiger partial charge in [-0.1, -0.05) is 0 Å². The second-order valence-electron chi connectivity index (χ2n) is 4.43. The molecule has 16 heavy (non-hydrogen) atoms. The van der Waals surface area contributed by atoms with E-state index in [4.69, 9.17) is 4.74 Å². The summed E-state index contributed by atoms with van der Waals surface area (Å²) in [5, 5.41) is 0. The number of hydrogen-bond donors (Lipinski definition) is 0. The van der Waals surface area contributed by atoms with E-state index in [1.54, 1.807) is 6.20 Å². The van der Waals surface area contributed by atoms with E-state index in [9.17, 15) is 4.79 Å². The number of Topliss-reactive ketones (excluding diaryl/α,β-unsaturated/α-hetero) is 1. The van der Waals surface area contributed by atoms with E-state index in [0.717, 1.165) is 25.1 Å². The highest BCUT2D eigenvalue weighted by molar-refractivity contribution is 5.94. The van der Waals surface area contributed by atoms with Crippen molar-refractivity contribution in [1.29, 1.82) is 0 Å². The molecule has 2 rings (SSSR count). The van der Waals surface area contributed by atoms with Gasteiger partial charge in [0.1, 0.15) is 5.60 Å². The van der Waals surface area contributed by atoms with E-state index < -0.39 is 0 Å². The maximum absolute atomic E-state index is 11.3. The van der Waals surface area contributed by atoms with Crippen molar-refractivity contribution >= 4 is 5.78 Å².